The normalized spacial score (nSPS) is 11.5. The summed E-state index contributed by atoms with van der Waals surface area (Å²) in [4.78, 5) is 2.65. The number of fused-ring (bicyclic) bond motifs is 4. The molecule has 0 aliphatic heterocycles. The van der Waals surface area contributed by atoms with Crippen LogP contribution in [0.15, 0.2) is 146 Å². The van der Waals surface area contributed by atoms with Crippen LogP contribution in [0.25, 0.3) is 74.1 Å². The first-order valence-electron chi connectivity index (χ1n) is 13.5. The van der Waals surface area contributed by atoms with E-state index < -0.39 is 0 Å². The van der Waals surface area contributed by atoms with Gasteiger partial charge in [0, 0.05) is 51.8 Å². The molecule has 8 rings (SSSR count). The first-order valence-corrected chi connectivity index (χ1v) is 15.2. The van der Waals surface area contributed by atoms with E-state index in [1.54, 1.807) is 0 Å². The summed E-state index contributed by atoms with van der Waals surface area (Å²) < 4.78 is 2.69. The molecule has 2 heteroatoms. The highest BCUT2D eigenvalue weighted by Crippen LogP contribution is 2.50. The second-order valence-corrected chi connectivity index (χ2v) is 12.2. The largest absolute Gasteiger partial charge is 0.135 e. The van der Waals surface area contributed by atoms with Gasteiger partial charge in [0.2, 0.25) is 0 Å². The molecule has 188 valence electrons. The van der Waals surface area contributed by atoms with Crippen LogP contribution in [0.3, 0.4) is 0 Å². The molecule has 40 heavy (non-hydrogen) atoms. The lowest BCUT2D eigenvalue weighted by Gasteiger charge is -2.11. The van der Waals surface area contributed by atoms with Crippen molar-refractivity contribution in [3.8, 4) is 43.1 Å². The van der Waals surface area contributed by atoms with Gasteiger partial charge in [0.15, 0.2) is 0 Å². The van der Waals surface area contributed by atoms with Crippen LogP contribution in [0.4, 0.5) is 0 Å². The van der Waals surface area contributed by atoms with Crippen molar-refractivity contribution in [2.75, 3.05) is 0 Å². The molecule has 0 nitrogen and oxygen atoms in total. The maximum Gasteiger partial charge on any atom is 0.0440 e. The second kappa shape index (κ2) is 9.60. The fourth-order valence-electron chi connectivity index (χ4n) is 5.85. The Hall–Kier alpha value is -4.50. The van der Waals surface area contributed by atoms with Gasteiger partial charge in [-0.15, -0.1) is 22.7 Å². The van der Waals surface area contributed by atoms with Crippen molar-refractivity contribution in [2.45, 2.75) is 0 Å². The molecule has 0 N–H and O–H groups in total. The summed E-state index contributed by atoms with van der Waals surface area (Å²) in [7, 11) is 0. The lowest BCUT2D eigenvalue weighted by Crippen LogP contribution is -1.84. The van der Waals surface area contributed by atoms with E-state index in [9.17, 15) is 0 Å². The fraction of sp³-hybridized carbons (Fsp3) is 0. The molecular weight excluding hydrogens is 521 g/mol. The van der Waals surface area contributed by atoms with Crippen LogP contribution in [-0.4, -0.2) is 0 Å². The van der Waals surface area contributed by atoms with Crippen molar-refractivity contribution in [1.82, 2.24) is 0 Å². The molecular formula is C38H24S2. The molecule has 6 aromatic carbocycles. The van der Waals surface area contributed by atoms with Crippen molar-refractivity contribution in [2.24, 2.45) is 0 Å². The lowest BCUT2D eigenvalue weighted by molar-refractivity contribution is 1.62. The molecule has 0 radical (unpaired) electrons. The topological polar surface area (TPSA) is 0 Å². The molecule has 0 fully saturated rings. The van der Waals surface area contributed by atoms with E-state index in [1.165, 1.54) is 74.1 Å². The van der Waals surface area contributed by atoms with E-state index >= 15 is 0 Å². The van der Waals surface area contributed by atoms with Gasteiger partial charge >= 0.3 is 0 Å². The van der Waals surface area contributed by atoms with Crippen LogP contribution < -0.4 is 0 Å². The zero-order chi connectivity index (χ0) is 26.5. The third kappa shape index (κ3) is 3.80. The summed E-state index contributed by atoms with van der Waals surface area (Å²) in [5.74, 6) is 0. The molecule has 8 aromatic rings. The average molecular weight is 545 g/mol. The van der Waals surface area contributed by atoms with Crippen LogP contribution >= 0.6 is 22.7 Å². The Kier molecular flexibility index (Phi) is 5.62. The monoisotopic (exact) mass is 544 g/mol. The Labute approximate surface area is 241 Å². The number of thiophene rings is 2. The summed E-state index contributed by atoms with van der Waals surface area (Å²) in [6.07, 6.45) is 0. The lowest BCUT2D eigenvalue weighted by atomic mass is 9.94. The molecule has 0 bridgehead atoms. The minimum Gasteiger partial charge on any atom is -0.135 e. The van der Waals surface area contributed by atoms with Crippen molar-refractivity contribution >= 4 is 53.6 Å². The van der Waals surface area contributed by atoms with Gasteiger partial charge < -0.3 is 0 Å². The van der Waals surface area contributed by atoms with Crippen LogP contribution in [0.1, 0.15) is 0 Å². The smallest absolute Gasteiger partial charge is 0.0440 e. The van der Waals surface area contributed by atoms with Gasteiger partial charge in [0.1, 0.15) is 0 Å². The Morgan fingerprint density at radius 2 is 0.950 bits per heavy atom. The van der Waals surface area contributed by atoms with E-state index in [1.807, 2.05) is 22.7 Å². The molecule has 0 saturated heterocycles. The Morgan fingerprint density at radius 3 is 1.73 bits per heavy atom. The Morgan fingerprint density at radius 1 is 0.350 bits per heavy atom. The number of hydrogen-bond donors (Lipinski definition) is 0. The predicted octanol–water partition coefficient (Wildman–Crippen LogP) is 11.9. The molecule has 0 aliphatic carbocycles. The highest BCUT2D eigenvalue weighted by molar-refractivity contribution is 7.26. The van der Waals surface area contributed by atoms with Gasteiger partial charge in [-0.25, -0.2) is 0 Å². The van der Waals surface area contributed by atoms with Gasteiger partial charge in [0.25, 0.3) is 0 Å². The maximum atomic E-state index is 2.35. The molecule has 0 aliphatic rings. The zero-order valence-corrected chi connectivity index (χ0v) is 23.3. The van der Waals surface area contributed by atoms with E-state index in [2.05, 4.69) is 146 Å². The fourth-order valence-corrected chi connectivity index (χ4v) is 8.42. The molecule has 0 spiro atoms. The van der Waals surface area contributed by atoms with E-state index in [0.29, 0.717) is 0 Å². The highest BCUT2D eigenvalue weighted by Gasteiger charge is 2.20. The van der Waals surface area contributed by atoms with Gasteiger partial charge in [0.05, 0.1) is 0 Å². The van der Waals surface area contributed by atoms with E-state index in [4.69, 9.17) is 0 Å². The Bertz CT molecular complexity index is 2150. The van der Waals surface area contributed by atoms with E-state index in [-0.39, 0.29) is 0 Å². The minimum atomic E-state index is 1.24. The SMILES string of the molecule is c1ccc(-c2cccc(-c3sc(-c4ccc5c(sc6ccccc65)c4-c4ccccc4)c4ccccc34)c2)cc1. The number of rotatable bonds is 4. The quantitative estimate of drug-likeness (QED) is 0.207. The van der Waals surface area contributed by atoms with Gasteiger partial charge in [-0.3, -0.25) is 0 Å². The molecule has 0 saturated carbocycles. The van der Waals surface area contributed by atoms with Gasteiger partial charge in [-0.05, 0) is 34.4 Å². The minimum absolute atomic E-state index is 1.24. The Balaban J connectivity index is 1.40. The number of benzene rings is 6. The summed E-state index contributed by atoms with van der Waals surface area (Å²) >= 11 is 3.82. The van der Waals surface area contributed by atoms with Crippen LogP contribution in [-0.2, 0) is 0 Å². The first kappa shape index (κ1) is 23.4. The molecule has 0 atom stereocenters. The maximum absolute atomic E-state index is 2.35. The van der Waals surface area contributed by atoms with Gasteiger partial charge in [-0.2, -0.15) is 0 Å². The molecule has 2 heterocycles. The molecule has 0 unspecified atom stereocenters. The van der Waals surface area contributed by atoms with Crippen molar-refractivity contribution in [3.05, 3.63) is 146 Å². The van der Waals surface area contributed by atoms with Crippen LogP contribution in [0.2, 0.25) is 0 Å². The predicted molar refractivity (Wildman–Crippen MR) is 176 cm³/mol. The average Bonchev–Trinajstić information content (AvgIpc) is 3.60. The third-order valence-electron chi connectivity index (χ3n) is 7.71. The molecule has 0 amide bonds. The summed E-state index contributed by atoms with van der Waals surface area (Å²) in [6, 6.07) is 52.9. The number of hydrogen-bond acceptors (Lipinski definition) is 2. The second-order valence-electron chi connectivity index (χ2n) is 10.1. The first-order chi connectivity index (χ1) is 19.8. The van der Waals surface area contributed by atoms with Crippen molar-refractivity contribution in [3.63, 3.8) is 0 Å². The summed E-state index contributed by atoms with van der Waals surface area (Å²) in [5.41, 5.74) is 7.64. The summed E-state index contributed by atoms with van der Waals surface area (Å²) in [6.45, 7) is 0. The van der Waals surface area contributed by atoms with Crippen LogP contribution in [0, 0.1) is 0 Å². The zero-order valence-electron chi connectivity index (χ0n) is 21.7. The van der Waals surface area contributed by atoms with Crippen molar-refractivity contribution < 1.29 is 0 Å². The standard InChI is InChI=1S/C38H24S2/c1-3-12-25(13-4-1)27-16-11-17-28(24-27)36-30-19-7-8-20-31(30)37(40-36)33-23-22-32-29-18-9-10-21-34(29)39-38(32)35(33)26-14-5-2-6-15-26/h1-24H. The molecule has 2 aromatic heterocycles. The van der Waals surface area contributed by atoms with Gasteiger partial charge in [-0.1, -0.05) is 133 Å². The third-order valence-corrected chi connectivity index (χ3v) is 10.2. The highest BCUT2D eigenvalue weighted by atomic mass is 32.1. The van der Waals surface area contributed by atoms with Crippen LogP contribution in [0.5, 0.6) is 0 Å². The van der Waals surface area contributed by atoms with E-state index in [0.717, 1.165) is 0 Å². The van der Waals surface area contributed by atoms with Crippen molar-refractivity contribution in [1.29, 1.82) is 0 Å². The summed E-state index contributed by atoms with van der Waals surface area (Å²) in [5, 5.41) is 5.29.